The topological polar surface area (TPSA) is 144 Å². The number of rotatable bonds is 9. The molecule has 0 saturated carbocycles. The maximum Gasteiger partial charge on any atom is 0.326 e. The van der Waals surface area contributed by atoms with E-state index in [-0.39, 0.29) is 19.3 Å². The molecule has 0 aliphatic heterocycles. The quantitative estimate of drug-likeness (QED) is 0.432. The van der Waals surface area contributed by atoms with Gasteiger partial charge in [-0.1, -0.05) is 0 Å². The van der Waals surface area contributed by atoms with Crippen molar-refractivity contribution in [2.45, 2.75) is 31.7 Å². The second-order valence-corrected chi connectivity index (χ2v) is 4.36. The third kappa shape index (κ3) is 6.95. The van der Waals surface area contributed by atoms with Gasteiger partial charge >= 0.3 is 18.0 Å². The third-order valence-electron chi connectivity index (χ3n) is 2.69. The Hall–Kier alpha value is -2.58. The van der Waals surface area contributed by atoms with Crippen LogP contribution in [0.1, 0.15) is 25.1 Å². The monoisotopic (exact) mass is 298 g/mol. The highest BCUT2D eigenvalue weighted by molar-refractivity contribution is 5.82. The summed E-state index contributed by atoms with van der Waals surface area (Å²) in [6, 6.07) is -1.71. The fourth-order valence-corrected chi connectivity index (χ4v) is 1.65. The van der Waals surface area contributed by atoms with Gasteiger partial charge in [0.05, 0.1) is 0 Å². The maximum atomic E-state index is 11.6. The van der Waals surface area contributed by atoms with Gasteiger partial charge in [-0.2, -0.15) is 0 Å². The number of carbonyl (C=O) groups excluding carboxylic acids is 1. The number of H-pyrrole nitrogens is 1. The Bertz CT molecular complexity index is 474. The Labute approximate surface area is 120 Å². The average Bonchev–Trinajstić information content (AvgIpc) is 2.90. The molecule has 116 valence electrons. The predicted octanol–water partition coefficient (Wildman–Crippen LogP) is -0.0405. The van der Waals surface area contributed by atoms with Crippen LogP contribution in [-0.4, -0.2) is 50.7 Å². The fourth-order valence-electron chi connectivity index (χ4n) is 1.65. The molecule has 1 aromatic rings. The van der Waals surface area contributed by atoms with Crippen molar-refractivity contribution in [2.75, 3.05) is 6.54 Å². The molecular formula is C12H18N4O5. The zero-order valence-corrected chi connectivity index (χ0v) is 11.3. The minimum absolute atomic E-state index is 0.0627. The molecule has 0 unspecified atom stereocenters. The zero-order chi connectivity index (χ0) is 15.7. The maximum absolute atomic E-state index is 11.6. The van der Waals surface area contributed by atoms with Gasteiger partial charge < -0.3 is 25.8 Å². The summed E-state index contributed by atoms with van der Waals surface area (Å²) in [6.07, 6.45) is 3.87. The largest absolute Gasteiger partial charge is 0.481 e. The van der Waals surface area contributed by atoms with Crippen molar-refractivity contribution in [2.24, 2.45) is 0 Å². The highest BCUT2D eigenvalue weighted by Gasteiger charge is 2.19. The first kappa shape index (κ1) is 16.5. The first-order valence-corrected chi connectivity index (χ1v) is 6.46. The van der Waals surface area contributed by atoms with Crippen LogP contribution in [0.15, 0.2) is 12.4 Å². The van der Waals surface area contributed by atoms with E-state index < -0.39 is 24.0 Å². The minimum Gasteiger partial charge on any atom is -0.481 e. The molecule has 0 saturated heterocycles. The van der Waals surface area contributed by atoms with Crippen LogP contribution in [0.2, 0.25) is 0 Å². The van der Waals surface area contributed by atoms with E-state index >= 15 is 0 Å². The van der Waals surface area contributed by atoms with Gasteiger partial charge in [0.15, 0.2) is 0 Å². The highest BCUT2D eigenvalue weighted by Crippen LogP contribution is 2.01. The van der Waals surface area contributed by atoms with E-state index in [1.54, 1.807) is 12.4 Å². The van der Waals surface area contributed by atoms with Crippen LogP contribution in [0.25, 0.3) is 0 Å². The number of nitrogens with zero attached hydrogens (tertiary/aromatic N) is 1. The first-order valence-electron chi connectivity index (χ1n) is 6.46. The second-order valence-electron chi connectivity index (χ2n) is 4.36. The summed E-state index contributed by atoms with van der Waals surface area (Å²) < 4.78 is 0. The van der Waals surface area contributed by atoms with Crippen LogP contribution in [0, 0.1) is 0 Å². The number of hydrogen-bond donors (Lipinski definition) is 5. The van der Waals surface area contributed by atoms with Crippen LogP contribution in [0.5, 0.6) is 0 Å². The van der Waals surface area contributed by atoms with Crippen molar-refractivity contribution < 1.29 is 24.6 Å². The van der Waals surface area contributed by atoms with Crippen molar-refractivity contribution in [1.29, 1.82) is 0 Å². The number of aliphatic carboxylic acids is 2. The van der Waals surface area contributed by atoms with Gasteiger partial charge in [0.25, 0.3) is 0 Å². The third-order valence-corrected chi connectivity index (χ3v) is 2.69. The summed E-state index contributed by atoms with van der Waals surface area (Å²) in [4.78, 5) is 39.7. The molecule has 21 heavy (non-hydrogen) atoms. The Morgan fingerprint density at radius 1 is 1.33 bits per heavy atom. The molecule has 0 radical (unpaired) electrons. The molecule has 1 heterocycles. The number of carboxylic acids is 2. The van der Waals surface area contributed by atoms with Crippen molar-refractivity contribution in [1.82, 2.24) is 20.6 Å². The molecule has 0 fully saturated rings. The van der Waals surface area contributed by atoms with Gasteiger partial charge in [0.1, 0.15) is 11.9 Å². The number of amides is 2. The van der Waals surface area contributed by atoms with E-state index in [1.807, 2.05) is 0 Å². The predicted molar refractivity (Wildman–Crippen MR) is 71.7 cm³/mol. The summed E-state index contributed by atoms with van der Waals surface area (Å²) in [6.45, 7) is 0.306. The normalized spacial score (nSPS) is 11.6. The van der Waals surface area contributed by atoms with E-state index in [9.17, 15) is 14.4 Å². The fraction of sp³-hybridized carbons (Fsp3) is 0.500. The van der Waals surface area contributed by atoms with Crippen molar-refractivity contribution in [3.05, 3.63) is 18.2 Å². The summed E-state index contributed by atoms with van der Waals surface area (Å²) in [5.74, 6) is -1.48. The average molecular weight is 298 g/mol. The molecular weight excluding hydrogens is 280 g/mol. The molecule has 1 aromatic heterocycles. The van der Waals surface area contributed by atoms with Gasteiger partial charge in [-0.3, -0.25) is 4.79 Å². The Morgan fingerprint density at radius 2 is 2.10 bits per heavy atom. The van der Waals surface area contributed by atoms with E-state index in [4.69, 9.17) is 10.2 Å². The van der Waals surface area contributed by atoms with Gasteiger partial charge in [-0.15, -0.1) is 0 Å². The van der Waals surface area contributed by atoms with E-state index in [2.05, 4.69) is 20.6 Å². The van der Waals surface area contributed by atoms with Crippen LogP contribution in [-0.2, 0) is 16.0 Å². The number of aromatic nitrogens is 2. The van der Waals surface area contributed by atoms with Crippen molar-refractivity contribution >= 4 is 18.0 Å². The summed E-state index contributed by atoms with van der Waals surface area (Å²) in [5.41, 5.74) is 0. The van der Waals surface area contributed by atoms with Gasteiger partial charge in [0.2, 0.25) is 0 Å². The lowest BCUT2D eigenvalue weighted by Crippen LogP contribution is -2.46. The summed E-state index contributed by atoms with van der Waals surface area (Å²) in [5, 5.41) is 22.3. The number of nitrogens with one attached hydrogen (secondary N) is 3. The molecule has 9 heteroatoms. The summed E-state index contributed by atoms with van der Waals surface area (Å²) >= 11 is 0. The molecule has 0 aliphatic rings. The SMILES string of the molecule is O=C(O)CCC[C@@H](NC(=O)NCCc1ncc[nH]1)C(=O)O. The van der Waals surface area contributed by atoms with Crippen LogP contribution in [0.3, 0.4) is 0 Å². The molecule has 1 atom stereocenters. The van der Waals surface area contributed by atoms with E-state index in [0.717, 1.165) is 0 Å². The minimum atomic E-state index is -1.19. The van der Waals surface area contributed by atoms with Crippen molar-refractivity contribution in [3.8, 4) is 0 Å². The number of imidazole rings is 1. The van der Waals surface area contributed by atoms with E-state index in [0.29, 0.717) is 18.8 Å². The molecule has 0 aliphatic carbocycles. The molecule has 1 rings (SSSR count). The van der Waals surface area contributed by atoms with Gasteiger partial charge in [-0.05, 0) is 12.8 Å². The number of carboxylic acid groups (broad SMARTS) is 2. The van der Waals surface area contributed by atoms with Crippen LogP contribution >= 0.6 is 0 Å². The van der Waals surface area contributed by atoms with Crippen molar-refractivity contribution in [3.63, 3.8) is 0 Å². The number of urea groups is 1. The van der Waals surface area contributed by atoms with Gasteiger partial charge in [-0.25, -0.2) is 14.6 Å². The number of aromatic amines is 1. The molecule has 0 aromatic carbocycles. The van der Waals surface area contributed by atoms with Crippen LogP contribution < -0.4 is 10.6 Å². The Balaban J connectivity index is 2.27. The lowest BCUT2D eigenvalue weighted by molar-refractivity contribution is -0.140. The molecule has 0 spiro atoms. The number of carbonyl (C=O) groups is 3. The molecule has 0 bridgehead atoms. The highest BCUT2D eigenvalue weighted by atomic mass is 16.4. The molecule has 5 N–H and O–H groups in total. The lowest BCUT2D eigenvalue weighted by atomic mass is 10.1. The molecule has 2 amide bonds. The van der Waals surface area contributed by atoms with Crippen LogP contribution in [0.4, 0.5) is 4.79 Å². The Morgan fingerprint density at radius 3 is 2.67 bits per heavy atom. The Kier molecular flexibility index (Phi) is 6.72. The van der Waals surface area contributed by atoms with E-state index in [1.165, 1.54) is 0 Å². The van der Waals surface area contributed by atoms with Gasteiger partial charge in [0, 0.05) is 31.8 Å². The second kappa shape index (κ2) is 8.56. The standard InChI is InChI=1S/C12H18N4O5/c17-10(18)3-1-2-8(11(19)20)16-12(21)15-5-4-9-13-6-7-14-9/h6-8H,1-5H2,(H,13,14)(H,17,18)(H,19,20)(H2,15,16,21)/t8-/m1/s1. The zero-order valence-electron chi connectivity index (χ0n) is 11.3. The smallest absolute Gasteiger partial charge is 0.326 e. The molecule has 9 nitrogen and oxygen atoms in total. The lowest BCUT2D eigenvalue weighted by Gasteiger charge is -2.14. The summed E-state index contributed by atoms with van der Waals surface area (Å²) in [7, 11) is 0. The number of hydrogen-bond acceptors (Lipinski definition) is 4. The first-order chi connectivity index (χ1) is 9.99.